The first-order valence-electron chi connectivity index (χ1n) is 3.94. The molecule has 0 aliphatic carbocycles. The van der Waals surface area contributed by atoms with Crippen LogP contribution >= 0.6 is 15.9 Å². The standard InChI is InChI=1S/C8H15BrF2/c1-3-8(4-2,6-9)5-7(10)11/h7H,3-6H2,1-2H3. The van der Waals surface area contributed by atoms with E-state index in [9.17, 15) is 8.78 Å². The summed E-state index contributed by atoms with van der Waals surface area (Å²) in [5, 5.41) is 0.678. The second kappa shape index (κ2) is 5.07. The van der Waals surface area contributed by atoms with Crippen LogP contribution < -0.4 is 0 Å². The molecule has 3 heteroatoms. The lowest BCUT2D eigenvalue weighted by Crippen LogP contribution is -2.23. The molecule has 0 aromatic heterocycles. The zero-order chi connectivity index (χ0) is 8.91. The Morgan fingerprint density at radius 3 is 1.82 bits per heavy atom. The fourth-order valence-corrected chi connectivity index (χ4v) is 2.13. The van der Waals surface area contributed by atoms with E-state index in [1.807, 2.05) is 13.8 Å². The van der Waals surface area contributed by atoms with Crippen LogP contribution in [0.5, 0.6) is 0 Å². The quantitative estimate of drug-likeness (QED) is 0.628. The molecule has 11 heavy (non-hydrogen) atoms. The van der Waals surface area contributed by atoms with Gasteiger partial charge in [-0.3, -0.25) is 0 Å². The molecule has 0 rings (SSSR count). The highest BCUT2D eigenvalue weighted by atomic mass is 79.9. The minimum atomic E-state index is -2.17. The lowest BCUT2D eigenvalue weighted by molar-refractivity contribution is 0.0782. The van der Waals surface area contributed by atoms with Crippen molar-refractivity contribution in [3.8, 4) is 0 Å². The smallest absolute Gasteiger partial charge is 0.211 e. The average Bonchev–Trinajstić information content (AvgIpc) is 2.00. The van der Waals surface area contributed by atoms with E-state index in [1.165, 1.54) is 0 Å². The Kier molecular flexibility index (Phi) is 5.23. The molecular formula is C8H15BrF2. The molecule has 0 bridgehead atoms. The van der Waals surface area contributed by atoms with Gasteiger partial charge in [0.2, 0.25) is 6.43 Å². The maximum absolute atomic E-state index is 12.1. The molecule has 0 saturated heterocycles. The molecule has 0 heterocycles. The summed E-state index contributed by atoms with van der Waals surface area (Å²) in [6.07, 6.45) is -0.517. The van der Waals surface area contributed by atoms with E-state index in [0.717, 1.165) is 12.8 Å². The van der Waals surface area contributed by atoms with Gasteiger partial charge in [-0.15, -0.1) is 0 Å². The second-order valence-corrected chi connectivity index (χ2v) is 3.50. The first kappa shape index (κ1) is 11.3. The van der Waals surface area contributed by atoms with E-state index in [2.05, 4.69) is 15.9 Å². The summed E-state index contributed by atoms with van der Waals surface area (Å²) in [7, 11) is 0. The summed E-state index contributed by atoms with van der Waals surface area (Å²) in [6, 6.07) is 0. The van der Waals surface area contributed by atoms with E-state index >= 15 is 0 Å². The number of halogens is 3. The van der Waals surface area contributed by atoms with E-state index in [-0.39, 0.29) is 11.8 Å². The van der Waals surface area contributed by atoms with Crippen molar-refractivity contribution in [2.45, 2.75) is 39.5 Å². The van der Waals surface area contributed by atoms with Crippen LogP contribution in [0.1, 0.15) is 33.1 Å². The molecule has 0 amide bonds. The van der Waals surface area contributed by atoms with Crippen molar-refractivity contribution >= 4 is 15.9 Å². The maximum atomic E-state index is 12.1. The molecule has 0 spiro atoms. The summed E-state index contributed by atoms with van der Waals surface area (Å²) in [5.74, 6) is 0. The third-order valence-corrected chi connectivity index (χ3v) is 3.56. The van der Waals surface area contributed by atoms with E-state index in [0.29, 0.717) is 5.33 Å². The number of alkyl halides is 3. The van der Waals surface area contributed by atoms with Gasteiger partial charge in [0.1, 0.15) is 0 Å². The molecule has 0 aromatic carbocycles. The van der Waals surface area contributed by atoms with Gasteiger partial charge in [-0.1, -0.05) is 29.8 Å². The van der Waals surface area contributed by atoms with Gasteiger partial charge in [0.05, 0.1) is 0 Å². The maximum Gasteiger partial charge on any atom is 0.239 e. The topological polar surface area (TPSA) is 0 Å². The summed E-state index contributed by atoms with van der Waals surface area (Å²) in [6.45, 7) is 3.93. The summed E-state index contributed by atoms with van der Waals surface area (Å²) in [5.41, 5.74) is -0.186. The van der Waals surface area contributed by atoms with Crippen molar-refractivity contribution in [1.29, 1.82) is 0 Å². The van der Waals surface area contributed by atoms with Crippen LogP contribution in [0.3, 0.4) is 0 Å². The van der Waals surface area contributed by atoms with Crippen LogP contribution in [0, 0.1) is 5.41 Å². The molecule has 0 fully saturated rings. The number of hydrogen-bond donors (Lipinski definition) is 0. The highest BCUT2D eigenvalue weighted by molar-refractivity contribution is 9.09. The first-order valence-corrected chi connectivity index (χ1v) is 5.06. The molecule has 0 radical (unpaired) electrons. The van der Waals surface area contributed by atoms with Gasteiger partial charge in [0.25, 0.3) is 0 Å². The largest absolute Gasteiger partial charge is 0.239 e. The summed E-state index contributed by atoms with van der Waals surface area (Å²) < 4.78 is 24.1. The minimum Gasteiger partial charge on any atom is -0.211 e. The lowest BCUT2D eigenvalue weighted by Gasteiger charge is -2.28. The Morgan fingerprint density at radius 1 is 1.27 bits per heavy atom. The van der Waals surface area contributed by atoms with Crippen LogP contribution in [-0.2, 0) is 0 Å². The molecule has 0 aliphatic rings. The van der Waals surface area contributed by atoms with Crippen LogP contribution in [-0.4, -0.2) is 11.8 Å². The third-order valence-electron chi connectivity index (χ3n) is 2.37. The predicted octanol–water partition coefficient (Wildman–Crippen LogP) is 3.84. The molecule has 0 atom stereocenters. The second-order valence-electron chi connectivity index (χ2n) is 2.94. The number of hydrogen-bond acceptors (Lipinski definition) is 0. The SMILES string of the molecule is CCC(CC)(CBr)CC(F)F. The molecule has 68 valence electrons. The summed E-state index contributed by atoms with van der Waals surface area (Å²) >= 11 is 3.29. The van der Waals surface area contributed by atoms with E-state index in [1.54, 1.807) is 0 Å². The van der Waals surface area contributed by atoms with Crippen molar-refractivity contribution in [3.05, 3.63) is 0 Å². The fourth-order valence-electron chi connectivity index (χ4n) is 1.11. The Balaban J connectivity index is 4.05. The highest BCUT2D eigenvalue weighted by Gasteiger charge is 2.28. The fraction of sp³-hybridized carbons (Fsp3) is 1.00. The highest BCUT2D eigenvalue weighted by Crippen LogP contribution is 2.34. The monoisotopic (exact) mass is 228 g/mol. The van der Waals surface area contributed by atoms with Crippen LogP contribution in [0.2, 0.25) is 0 Å². The first-order chi connectivity index (χ1) is 5.10. The molecule has 0 unspecified atom stereocenters. The molecule has 0 aliphatic heterocycles. The van der Waals surface area contributed by atoms with Crippen molar-refractivity contribution in [3.63, 3.8) is 0 Å². The van der Waals surface area contributed by atoms with Gasteiger partial charge >= 0.3 is 0 Å². The Labute approximate surface area is 75.5 Å². The van der Waals surface area contributed by atoms with Crippen molar-refractivity contribution in [2.75, 3.05) is 5.33 Å². The van der Waals surface area contributed by atoms with Crippen molar-refractivity contribution in [2.24, 2.45) is 5.41 Å². The number of rotatable bonds is 5. The molecule has 0 saturated carbocycles. The van der Waals surface area contributed by atoms with Gasteiger partial charge in [0, 0.05) is 11.8 Å². The van der Waals surface area contributed by atoms with Gasteiger partial charge in [-0.25, -0.2) is 8.78 Å². The van der Waals surface area contributed by atoms with Crippen LogP contribution in [0.15, 0.2) is 0 Å². The van der Waals surface area contributed by atoms with Gasteiger partial charge in [-0.2, -0.15) is 0 Å². The van der Waals surface area contributed by atoms with Crippen LogP contribution in [0.4, 0.5) is 8.78 Å². The molecule has 0 nitrogen and oxygen atoms in total. The van der Waals surface area contributed by atoms with Gasteiger partial charge in [-0.05, 0) is 18.3 Å². The Bertz CT molecular complexity index is 92.0. The van der Waals surface area contributed by atoms with Crippen molar-refractivity contribution < 1.29 is 8.78 Å². The zero-order valence-corrected chi connectivity index (χ0v) is 8.63. The summed E-state index contributed by atoms with van der Waals surface area (Å²) in [4.78, 5) is 0. The van der Waals surface area contributed by atoms with E-state index in [4.69, 9.17) is 0 Å². The zero-order valence-electron chi connectivity index (χ0n) is 7.04. The molecular weight excluding hydrogens is 214 g/mol. The predicted molar refractivity (Wildman–Crippen MR) is 47.4 cm³/mol. The minimum absolute atomic E-state index is 0.0191. The molecule has 0 aromatic rings. The van der Waals surface area contributed by atoms with Gasteiger partial charge in [0.15, 0.2) is 0 Å². The van der Waals surface area contributed by atoms with Crippen molar-refractivity contribution in [1.82, 2.24) is 0 Å². The molecule has 0 N–H and O–H groups in total. The van der Waals surface area contributed by atoms with E-state index < -0.39 is 6.43 Å². The van der Waals surface area contributed by atoms with Crippen LogP contribution in [0.25, 0.3) is 0 Å². The Morgan fingerprint density at radius 2 is 1.73 bits per heavy atom. The normalized spacial score (nSPS) is 12.5. The third kappa shape index (κ3) is 3.50. The Hall–Kier alpha value is 0.340. The van der Waals surface area contributed by atoms with Gasteiger partial charge < -0.3 is 0 Å². The average molecular weight is 229 g/mol. The lowest BCUT2D eigenvalue weighted by atomic mass is 9.82.